The third-order valence-corrected chi connectivity index (χ3v) is 3.00. The van der Waals surface area contributed by atoms with E-state index < -0.39 is 4.92 Å². The minimum absolute atomic E-state index is 0.00863. The highest BCUT2D eigenvalue weighted by Gasteiger charge is 2.21. The Morgan fingerprint density at radius 3 is 2.80 bits per heavy atom. The number of hydrogen-bond acceptors (Lipinski definition) is 5. The number of nitro groups is 1. The summed E-state index contributed by atoms with van der Waals surface area (Å²) >= 11 is 0. The van der Waals surface area contributed by atoms with Gasteiger partial charge in [0, 0.05) is 25.2 Å². The molecule has 1 fully saturated rings. The summed E-state index contributed by atoms with van der Waals surface area (Å²) in [5, 5.41) is 10.5. The van der Waals surface area contributed by atoms with E-state index in [2.05, 4.69) is 0 Å². The number of carbonyl (C=O) groups is 1. The third-order valence-electron chi connectivity index (χ3n) is 3.00. The molecule has 7 heteroatoms. The molecule has 1 aromatic rings. The molecule has 0 aromatic heterocycles. The second-order valence-electron chi connectivity index (χ2n) is 4.56. The lowest BCUT2D eigenvalue weighted by Gasteiger charge is -2.31. The van der Waals surface area contributed by atoms with Gasteiger partial charge in [-0.25, -0.2) is 0 Å². The molecule has 0 saturated carbocycles. The van der Waals surface area contributed by atoms with Crippen molar-refractivity contribution >= 4 is 11.6 Å². The Hall–Kier alpha value is -2.15. The summed E-state index contributed by atoms with van der Waals surface area (Å²) < 4.78 is 10.7. The minimum atomic E-state index is -0.482. The molecule has 0 radical (unpaired) electrons. The van der Waals surface area contributed by atoms with E-state index in [4.69, 9.17) is 9.47 Å². The smallest absolute Gasteiger partial charge is 0.269 e. The van der Waals surface area contributed by atoms with Gasteiger partial charge in [0.2, 0.25) is 0 Å². The molecular weight excluding hydrogens is 264 g/mol. The van der Waals surface area contributed by atoms with Gasteiger partial charge in [-0.05, 0) is 19.1 Å². The van der Waals surface area contributed by atoms with Crippen LogP contribution in [0.1, 0.15) is 6.92 Å². The first kappa shape index (κ1) is 14.3. The zero-order valence-corrected chi connectivity index (χ0v) is 11.2. The maximum Gasteiger partial charge on any atom is 0.269 e. The van der Waals surface area contributed by atoms with Gasteiger partial charge in [0.05, 0.1) is 17.6 Å². The molecule has 2 rings (SSSR count). The van der Waals surface area contributed by atoms with Crippen LogP contribution in [0.5, 0.6) is 5.75 Å². The first-order chi connectivity index (χ1) is 9.56. The van der Waals surface area contributed by atoms with Gasteiger partial charge >= 0.3 is 0 Å². The van der Waals surface area contributed by atoms with Crippen molar-refractivity contribution in [3.8, 4) is 5.75 Å². The first-order valence-corrected chi connectivity index (χ1v) is 6.33. The van der Waals surface area contributed by atoms with Gasteiger partial charge < -0.3 is 14.4 Å². The SMILES string of the molecule is C[C@H]1CN(C(=O)COc2ccc([N+](=O)[O-])cc2)CCO1. The molecule has 1 atom stereocenters. The van der Waals surface area contributed by atoms with Crippen LogP contribution in [0, 0.1) is 10.1 Å². The van der Waals surface area contributed by atoms with Crippen LogP contribution >= 0.6 is 0 Å². The predicted octanol–water partition coefficient (Wildman–Crippen LogP) is 1.22. The minimum Gasteiger partial charge on any atom is -0.484 e. The van der Waals surface area contributed by atoms with Crippen molar-refractivity contribution in [1.82, 2.24) is 4.90 Å². The lowest BCUT2D eigenvalue weighted by molar-refractivity contribution is -0.384. The van der Waals surface area contributed by atoms with E-state index in [0.717, 1.165) is 0 Å². The van der Waals surface area contributed by atoms with Crippen molar-refractivity contribution in [2.24, 2.45) is 0 Å². The fourth-order valence-electron chi connectivity index (χ4n) is 1.95. The van der Waals surface area contributed by atoms with Crippen LogP contribution in [-0.4, -0.2) is 48.1 Å². The molecular formula is C13H16N2O5. The maximum atomic E-state index is 11.9. The molecule has 108 valence electrons. The van der Waals surface area contributed by atoms with Gasteiger partial charge in [-0.1, -0.05) is 0 Å². The summed E-state index contributed by atoms with van der Waals surface area (Å²) in [6.45, 7) is 3.49. The summed E-state index contributed by atoms with van der Waals surface area (Å²) in [6, 6.07) is 5.65. The van der Waals surface area contributed by atoms with E-state index in [1.54, 1.807) is 4.90 Å². The molecule has 7 nitrogen and oxygen atoms in total. The van der Waals surface area contributed by atoms with E-state index in [1.807, 2.05) is 6.92 Å². The number of ether oxygens (including phenoxy) is 2. The van der Waals surface area contributed by atoms with Crippen molar-refractivity contribution in [2.45, 2.75) is 13.0 Å². The highest BCUT2D eigenvalue weighted by Crippen LogP contribution is 2.17. The van der Waals surface area contributed by atoms with Gasteiger partial charge in [0.1, 0.15) is 5.75 Å². The number of rotatable bonds is 4. The summed E-state index contributed by atoms with van der Waals surface area (Å²) in [4.78, 5) is 23.6. The summed E-state index contributed by atoms with van der Waals surface area (Å²) in [6.07, 6.45) is 0.0343. The second-order valence-corrected chi connectivity index (χ2v) is 4.56. The van der Waals surface area contributed by atoms with Crippen LogP contribution in [0.25, 0.3) is 0 Å². The Morgan fingerprint density at radius 1 is 1.50 bits per heavy atom. The van der Waals surface area contributed by atoms with Crippen LogP contribution in [0.3, 0.4) is 0 Å². The van der Waals surface area contributed by atoms with Gasteiger partial charge in [-0.3, -0.25) is 14.9 Å². The number of nitro benzene ring substituents is 1. The Morgan fingerprint density at radius 2 is 2.20 bits per heavy atom. The Kier molecular flexibility index (Phi) is 4.52. The summed E-state index contributed by atoms with van der Waals surface area (Å²) in [5.74, 6) is 0.323. The lowest BCUT2D eigenvalue weighted by Crippen LogP contribution is -2.46. The van der Waals surface area contributed by atoms with Crippen LogP contribution < -0.4 is 4.74 Å². The summed E-state index contributed by atoms with van der Waals surface area (Å²) in [5.41, 5.74) is -0.00863. The normalized spacial score (nSPS) is 18.6. The molecule has 1 aromatic carbocycles. The lowest BCUT2D eigenvalue weighted by atomic mass is 10.3. The zero-order valence-electron chi connectivity index (χ0n) is 11.2. The van der Waals surface area contributed by atoms with Crippen molar-refractivity contribution in [3.63, 3.8) is 0 Å². The average Bonchev–Trinajstić information content (AvgIpc) is 2.45. The zero-order chi connectivity index (χ0) is 14.5. The van der Waals surface area contributed by atoms with Gasteiger partial charge in [-0.2, -0.15) is 0 Å². The van der Waals surface area contributed by atoms with Gasteiger partial charge in [-0.15, -0.1) is 0 Å². The third kappa shape index (κ3) is 3.67. The number of morpholine rings is 1. The summed E-state index contributed by atoms with van der Waals surface area (Å²) in [7, 11) is 0. The topological polar surface area (TPSA) is 81.9 Å². The molecule has 1 aliphatic heterocycles. The van der Waals surface area contributed by atoms with Crippen LogP contribution in [0.4, 0.5) is 5.69 Å². The largest absolute Gasteiger partial charge is 0.484 e. The molecule has 20 heavy (non-hydrogen) atoms. The fourth-order valence-corrected chi connectivity index (χ4v) is 1.95. The molecule has 1 amide bonds. The quantitative estimate of drug-likeness (QED) is 0.612. The molecule has 0 unspecified atom stereocenters. The molecule has 0 bridgehead atoms. The highest BCUT2D eigenvalue weighted by atomic mass is 16.6. The number of amides is 1. The van der Waals surface area contributed by atoms with Crippen LogP contribution in [0.2, 0.25) is 0 Å². The molecule has 0 spiro atoms. The van der Waals surface area contributed by atoms with Crippen molar-refractivity contribution in [1.29, 1.82) is 0 Å². The first-order valence-electron chi connectivity index (χ1n) is 6.33. The molecule has 1 heterocycles. The van der Waals surface area contributed by atoms with Crippen LogP contribution in [-0.2, 0) is 9.53 Å². The number of carbonyl (C=O) groups excluding carboxylic acids is 1. The van der Waals surface area contributed by atoms with E-state index in [0.29, 0.717) is 25.4 Å². The van der Waals surface area contributed by atoms with Crippen molar-refractivity contribution in [2.75, 3.05) is 26.3 Å². The Bertz CT molecular complexity index is 488. The molecule has 1 saturated heterocycles. The molecule has 1 aliphatic rings. The Labute approximate surface area is 116 Å². The highest BCUT2D eigenvalue weighted by molar-refractivity contribution is 5.77. The van der Waals surface area contributed by atoms with Crippen molar-refractivity contribution < 1.29 is 19.2 Å². The number of non-ortho nitro benzene ring substituents is 1. The number of benzene rings is 1. The number of hydrogen-bond donors (Lipinski definition) is 0. The number of nitrogens with zero attached hydrogens (tertiary/aromatic N) is 2. The van der Waals surface area contributed by atoms with Crippen LogP contribution in [0.15, 0.2) is 24.3 Å². The van der Waals surface area contributed by atoms with E-state index in [1.165, 1.54) is 24.3 Å². The van der Waals surface area contributed by atoms with E-state index in [-0.39, 0.29) is 24.3 Å². The molecule has 0 N–H and O–H groups in total. The fraction of sp³-hybridized carbons (Fsp3) is 0.462. The molecule has 0 aliphatic carbocycles. The monoisotopic (exact) mass is 280 g/mol. The average molecular weight is 280 g/mol. The Balaban J connectivity index is 1.85. The van der Waals surface area contributed by atoms with Gasteiger partial charge in [0.25, 0.3) is 11.6 Å². The van der Waals surface area contributed by atoms with E-state index in [9.17, 15) is 14.9 Å². The van der Waals surface area contributed by atoms with Gasteiger partial charge in [0.15, 0.2) is 6.61 Å². The predicted molar refractivity (Wildman–Crippen MR) is 70.6 cm³/mol. The van der Waals surface area contributed by atoms with E-state index >= 15 is 0 Å². The maximum absolute atomic E-state index is 11.9. The van der Waals surface area contributed by atoms with Crippen molar-refractivity contribution in [3.05, 3.63) is 34.4 Å². The standard InChI is InChI=1S/C13H16N2O5/c1-10-8-14(6-7-19-10)13(16)9-20-12-4-2-11(3-5-12)15(17)18/h2-5,10H,6-9H2,1H3/t10-/m0/s1. The second kappa shape index (κ2) is 6.33.